The van der Waals surface area contributed by atoms with Crippen molar-refractivity contribution in [3.63, 3.8) is 0 Å². The lowest BCUT2D eigenvalue weighted by Gasteiger charge is -2.15. The van der Waals surface area contributed by atoms with Crippen LogP contribution in [-0.2, 0) is 9.59 Å². The highest BCUT2D eigenvalue weighted by molar-refractivity contribution is 5.94. The second-order valence-electron chi connectivity index (χ2n) is 6.15. The second-order valence-corrected chi connectivity index (χ2v) is 6.15. The van der Waals surface area contributed by atoms with E-state index in [0.717, 1.165) is 5.56 Å². The highest BCUT2D eigenvalue weighted by Gasteiger charge is 2.16. The third-order valence-corrected chi connectivity index (χ3v) is 3.64. The standard InChI is InChI=1S/C19H21F2N3O3/c1-13-7-9-14(10-8-13)22-17(25)11-24(2)12-18(26)23-15-5-3-4-6-16(15)27-19(20)21/h3-10,19H,11-12H2,1-2H3,(H,22,25)(H,23,26)/p+1. The number of alkyl halides is 2. The van der Waals surface area contributed by atoms with E-state index in [1.165, 1.54) is 18.2 Å². The third-order valence-electron chi connectivity index (χ3n) is 3.64. The topological polar surface area (TPSA) is 71.9 Å². The molecular formula is C19H22F2N3O3+. The quantitative estimate of drug-likeness (QED) is 0.655. The molecule has 0 bridgehead atoms. The highest BCUT2D eigenvalue weighted by Crippen LogP contribution is 2.25. The van der Waals surface area contributed by atoms with Crippen molar-refractivity contribution in [2.24, 2.45) is 0 Å². The molecule has 0 saturated heterocycles. The minimum atomic E-state index is -2.98. The fraction of sp³-hybridized carbons (Fsp3) is 0.263. The minimum Gasteiger partial charge on any atom is -0.433 e. The van der Waals surface area contributed by atoms with Crippen LogP contribution >= 0.6 is 0 Å². The third kappa shape index (κ3) is 7.02. The number of carbonyl (C=O) groups is 2. The van der Waals surface area contributed by atoms with Crippen LogP contribution in [-0.4, -0.2) is 38.6 Å². The number of halogens is 2. The van der Waals surface area contributed by atoms with Gasteiger partial charge in [0, 0.05) is 5.69 Å². The highest BCUT2D eigenvalue weighted by atomic mass is 19.3. The Bertz CT molecular complexity index is 782. The number of para-hydroxylation sites is 2. The Labute approximate surface area is 156 Å². The normalized spacial score (nSPS) is 11.7. The van der Waals surface area contributed by atoms with Crippen molar-refractivity contribution in [1.29, 1.82) is 0 Å². The fourth-order valence-corrected chi connectivity index (χ4v) is 2.42. The number of hydrogen-bond donors (Lipinski definition) is 3. The summed E-state index contributed by atoms with van der Waals surface area (Å²) < 4.78 is 29.2. The molecule has 2 rings (SSSR count). The Hall–Kier alpha value is -3.00. The Morgan fingerprint density at radius 1 is 1.00 bits per heavy atom. The summed E-state index contributed by atoms with van der Waals surface area (Å²) >= 11 is 0. The van der Waals surface area contributed by atoms with E-state index in [9.17, 15) is 18.4 Å². The van der Waals surface area contributed by atoms with Crippen LogP contribution in [0.3, 0.4) is 0 Å². The first-order chi connectivity index (χ1) is 12.8. The summed E-state index contributed by atoms with van der Waals surface area (Å²) in [5, 5.41) is 5.29. The first-order valence-corrected chi connectivity index (χ1v) is 8.35. The molecule has 2 aromatic carbocycles. The number of quaternary nitrogens is 1. The van der Waals surface area contributed by atoms with Crippen LogP contribution in [0.2, 0.25) is 0 Å². The number of benzene rings is 2. The van der Waals surface area contributed by atoms with Crippen LogP contribution in [0.4, 0.5) is 20.2 Å². The molecule has 0 aliphatic heterocycles. The SMILES string of the molecule is Cc1ccc(NC(=O)C[NH+](C)CC(=O)Nc2ccccc2OC(F)F)cc1. The van der Waals surface area contributed by atoms with E-state index < -0.39 is 12.5 Å². The van der Waals surface area contributed by atoms with Crippen LogP contribution < -0.4 is 20.3 Å². The average Bonchev–Trinajstić information content (AvgIpc) is 2.58. The van der Waals surface area contributed by atoms with Gasteiger partial charge in [0.2, 0.25) is 0 Å². The van der Waals surface area contributed by atoms with Gasteiger partial charge in [-0.1, -0.05) is 29.8 Å². The van der Waals surface area contributed by atoms with Crippen molar-refractivity contribution in [3.8, 4) is 5.75 Å². The van der Waals surface area contributed by atoms with E-state index >= 15 is 0 Å². The molecule has 0 aliphatic carbocycles. The van der Waals surface area contributed by atoms with Gasteiger partial charge in [-0.25, -0.2) is 0 Å². The lowest BCUT2D eigenvalue weighted by molar-refractivity contribution is -0.862. The Kier molecular flexibility index (Phi) is 7.25. The van der Waals surface area contributed by atoms with E-state index in [1.54, 1.807) is 25.2 Å². The molecular weight excluding hydrogens is 356 g/mol. The molecule has 0 fully saturated rings. The molecule has 0 saturated carbocycles. The molecule has 27 heavy (non-hydrogen) atoms. The number of carbonyl (C=O) groups excluding carboxylic acids is 2. The lowest BCUT2D eigenvalue weighted by Crippen LogP contribution is -3.11. The van der Waals surface area contributed by atoms with E-state index in [-0.39, 0.29) is 30.4 Å². The van der Waals surface area contributed by atoms with Crippen molar-refractivity contribution < 1.29 is 28.0 Å². The molecule has 0 radical (unpaired) electrons. The Balaban J connectivity index is 1.85. The number of ether oxygens (including phenoxy) is 1. The van der Waals surface area contributed by atoms with Gasteiger partial charge in [0.05, 0.1) is 12.7 Å². The zero-order chi connectivity index (χ0) is 19.8. The number of likely N-dealkylation sites (N-methyl/N-ethyl adjacent to an activating group) is 1. The van der Waals surface area contributed by atoms with Crippen LogP contribution in [0.25, 0.3) is 0 Å². The lowest BCUT2D eigenvalue weighted by atomic mass is 10.2. The number of aryl methyl sites for hydroxylation is 1. The largest absolute Gasteiger partial charge is 0.433 e. The molecule has 1 unspecified atom stereocenters. The van der Waals surface area contributed by atoms with Gasteiger partial charge in [0.1, 0.15) is 5.75 Å². The van der Waals surface area contributed by atoms with Gasteiger partial charge < -0.3 is 20.3 Å². The summed E-state index contributed by atoms with van der Waals surface area (Å²) in [6, 6.07) is 13.3. The number of rotatable bonds is 8. The molecule has 2 aromatic rings. The van der Waals surface area contributed by atoms with Crippen molar-refractivity contribution >= 4 is 23.2 Å². The smallest absolute Gasteiger partial charge is 0.387 e. The summed E-state index contributed by atoms with van der Waals surface area (Å²) in [5.41, 5.74) is 1.92. The monoisotopic (exact) mass is 378 g/mol. The number of hydrogen-bond acceptors (Lipinski definition) is 3. The molecule has 2 amide bonds. The molecule has 3 N–H and O–H groups in total. The summed E-state index contributed by atoms with van der Waals surface area (Å²) in [6.07, 6.45) is 0. The summed E-state index contributed by atoms with van der Waals surface area (Å²) in [6.45, 7) is -0.963. The van der Waals surface area contributed by atoms with Gasteiger partial charge in [0.25, 0.3) is 11.8 Å². The first-order valence-electron chi connectivity index (χ1n) is 8.35. The predicted molar refractivity (Wildman–Crippen MR) is 98.1 cm³/mol. The molecule has 0 aromatic heterocycles. The van der Waals surface area contributed by atoms with E-state index in [0.29, 0.717) is 10.6 Å². The van der Waals surface area contributed by atoms with E-state index in [1.807, 2.05) is 19.1 Å². The maximum absolute atomic E-state index is 12.4. The summed E-state index contributed by atoms with van der Waals surface area (Å²) in [4.78, 5) is 24.8. The van der Waals surface area contributed by atoms with Gasteiger partial charge in [-0.2, -0.15) is 8.78 Å². The van der Waals surface area contributed by atoms with Crippen LogP contribution in [0.5, 0.6) is 5.75 Å². The van der Waals surface area contributed by atoms with Gasteiger partial charge in [-0.3, -0.25) is 9.59 Å². The van der Waals surface area contributed by atoms with Crippen LogP contribution in [0.15, 0.2) is 48.5 Å². The first kappa shape index (κ1) is 20.3. The molecule has 8 heteroatoms. The van der Waals surface area contributed by atoms with Crippen molar-refractivity contribution in [3.05, 3.63) is 54.1 Å². The number of nitrogens with one attached hydrogen (secondary N) is 3. The molecule has 0 spiro atoms. The molecule has 6 nitrogen and oxygen atoms in total. The second kappa shape index (κ2) is 9.63. The number of amides is 2. The predicted octanol–water partition coefficient (Wildman–Crippen LogP) is 1.69. The number of anilines is 2. The Morgan fingerprint density at radius 2 is 1.59 bits per heavy atom. The maximum Gasteiger partial charge on any atom is 0.387 e. The Morgan fingerprint density at radius 3 is 2.22 bits per heavy atom. The summed E-state index contributed by atoms with van der Waals surface area (Å²) in [7, 11) is 1.69. The van der Waals surface area contributed by atoms with E-state index in [2.05, 4.69) is 15.4 Å². The average molecular weight is 378 g/mol. The molecule has 0 heterocycles. The van der Waals surface area contributed by atoms with Gasteiger partial charge in [-0.15, -0.1) is 0 Å². The fourth-order valence-electron chi connectivity index (χ4n) is 2.42. The van der Waals surface area contributed by atoms with Gasteiger partial charge in [-0.05, 0) is 31.2 Å². The molecule has 0 aliphatic rings. The van der Waals surface area contributed by atoms with Crippen LogP contribution in [0.1, 0.15) is 5.56 Å². The maximum atomic E-state index is 12.4. The summed E-state index contributed by atoms with van der Waals surface area (Å²) in [5.74, 6) is -0.762. The van der Waals surface area contributed by atoms with Gasteiger partial charge in [0.15, 0.2) is 13.1 Å². The molecule has 1 atom stereocenters. The van der Waals surface area contributed by atoms with Crippen molar-refractivity contribution in [2.45, 2.75) is 13.5 Å². The minimum absolute atomic E-state index is 0.00959. The van der Waals surface area contributed by atoms with E-state index in [4.69, 9.17) is 0 Å². The van der Waals surface area contributed by atoms with Crippen molar-refractivity contribution in [1.82, 2.24) is 0 Å². The van der Waals surface area contributed by atoms with Crippen LogP contribution in [0, 0.1) is 6.92 Å². The zero-order valence-electron chi connectivity index (χ0n) is 15.1. The molecule has 144 valence electrons. The zero-order valence-corrected chi connectivity index (χ0v) is 15.1. The van der Waals surface area contributed by atoms with Gasteiger partial charge >= 0.3 is 6.61 Å². The van der Waals surface area contributed by atoms with Crippen molar-refractivity contribution in [2.75, 3.05) is 30.8 Å².